The van der Waals surface area contributed by atoms with E-state index in [1.54, 1.807) is 0 Å². The van der Waals surface area contributed by atoms with Gasteiger partial charge in [-0.25, -0.2) is 0 Å². The van der Waals surface area contributed by atoms with Crippen molar-refractivity contribution in [1.82, 2.24) is 4.90 Å². The number of fused-ring (bicyclic) bond motifs is 1. The van der Waals surface area contributed by atoms with Crippen LogP contribution in [0.3, 0.4) is 0 Å². The highest BCUT2D eigenvalue weighted by Crippen LogP contribution is 2.32. The topological polar surface area (TPSA) is 43.7 Å². The molecule has 0 aromatic heterocycles. The van der Waals surface area contributed by atoms with Gasteiger partial charge < -0.3 is 10.2 Å². The lowest BCUT2D eigenvalue weighted by Crippen LogP contribution is -2.33. The highest BCUT2D eigenvalue weighted by atomic mass is 16.3. The van der Waals surface area contributed by atoms with Crippen LogP contribution < -0.4 is 0 Å². The highest BCUT2D eigenvalue weighted by Gasteiger charge is 2.45. The summed E-state index contributed by atoms with van der Waals surface area (Å²) in [5.41, 5.74) is 0. The molecule has 3 nitrogen and oxygen atoms in total. The molecule has 4 atom stereocenters. The first-order valence-corrected chi connectivity index (χ1v) is 4.32. The fraction of sp³-hybridized carbons (Fsp3) is 1.00. The van der Waals surface area contributed by atoms with Crippen molar-refractivity contribution in [2.45, 2.75) is 44.1 Å². The fourth-order valence-corrected chi connectivity index (χ4v) is 2.33. The number of nitrogens with zero attached hydrogens (tertiary/aromatic N) is 1. The minimum atomic E-state index is -0.511. The maximum atomic E-state index is 9.49. The van der Waals surface area contributed by atoms with E-state index in [-0.39, 0.29) is 6.04 Å². The van der Waals surface area contributed by atoms with Crippen LogP contribution in [-0.2, 0) is 0 Å². The zero-order valence-electron chi connectivity index (χ0n) is 6.77. The van der Waals surface area contributed by atoms with Crippen LogP contribution >= 0.6 is 0 Å². The van der Waals surface area contributed by atoms with E-state index < -0.39 is 12.2 Å². The molecule has 0 bridgehead atoms. The van der Waals surface area contributed by atoms with Crippen LogP contribution in [0.4, 0.5) is 0 Å². The Morgan fingerprint density at radius 1 is 1.27 bits per heavy atom. The fourth-order valence-electron chi connectivity index (χ4n) is 2.33. The average Bonchev–Trinajstić information content (AvgIpc) is 2.43. The third-order valence-corrected chi connectivity index (χ3v) is 3.06. The molecule has 2 saturated heterocycles. The van der Waals surface area contributed by atoms with E-state index in [0.29, 0.717) is 12.6 Å². The maximum absolute atomic E-state index is 9.49. The predicted octanol–water partition coefficient (Wildman–Crippen LogP) is -0.425. The third-order valence-electron chi connectivity index (χ3n) is 3.06. The van der Waals surface area contributed by atoms with Crippen molar-refractivity contribution in [3.8, 4) is 0 Å². The maximum Gasteiger partial charge on any atom is 0.0966 e. The first-order valence-electron chi connectivity index (χ1n) is 4.32. The van der Waals surface area contributed by atoms with Crippen molar-refractivity contribution in [2.24, 2.45) is 0 Å². The summed E-state index contributed by atoms with van der Waals surface area (Å²) >= 11 is 0. The van der Waals surface area contributed by atoms with Crippen LogP contribution in [0.25, 0.3) is 0 Å². The summed E-state index contributed by atoms with van der Waals surface area (Å²) in [6, 6.07) is 0.784. The van der Waals surface area contributed by atoms with Crippen LogP contribution in [0.5, 0.6) is 0 Å². The molecule has 64 valence electrons. The van der Waals surface area contributed by atoms with Gasteiger partial charge in [-0.15, -0.1) is 0 Å². The van der Waals surface area contributed by atoms with Gasteiger partial charge in [0.15, 0.2) is 0 Å². The second-order valence-corrected chi connectivity index (χ2v) is 3.75. The van der Waals surface area contributed by atoms with Gasteiger partial charge in [-0.3, -0.25) is 4.90 Å². The molecule has 0 spiro atoms. The van der Waals surface area contributed by atoms with E-state index in [0.717, 1.165) is 12.8 Å². The van der Waals surface area contributed by atoms with Gasteiger partial charge in [0.25, 0.3) is 0 Å². The Morgan fingerprint density at radius 3 is 2.64 bits per heavy atom. The summed E-state index contributed by atoms with van der Waals surface area (Å²) in [5, 5.41) is 18.8. The average molecular weight is 157 g/mol. The Morgan fingerprint density at radius 2 is 2.00 bits per heavy atom. The van der Waals surface area contributed by atoms with Gasteiger partial charge in [-0.2, -0.15) is 0 Å². The Labute approximate surface area is 66.6 Å². The molecule has 0 radical (unpaired) electrons. The van der Waals surface area contributed by atoms with E-state index in [9.17, 15) is 10.2 Å². The monoisotopic (exact) mass is 157 g/mol. The smallest absolute Gasteiger partial charge is 0.0966 e. The molecule has 0 unspecified atom stereocenters. The standard InChI is InChI=1S/C8H15NO2/c1-5-2-3-6-8(11)7(10)4-9(5)6/h5-8,10-11H,2-4H2,1H3/t5-,6+,7-,8+/m0/s1. The lowest BCUT2D eigenvalue weighted by Gasteiger charge is -2.19. The first-order chi connectivity index (χ1) is 5.20. The second kappa shape index (κ2) is 2.44. The Balaban J connectivity index is 2.12. The molecule has 3 heteroatoms. The van der Waals surface area contributed by atoms with Crippen LogP contribution in [0.15, 0.2) is 0 Å². The molecule has 2 heterocycles. The molecular formula is C8H15NO2. The van der Waals surface area contributed by atoms with Crippen molar-refractivity contribution in [3.63, 3.8) is 0 Å². The minimum Gasteiger partial charge on any atom is -0.389 e. The van der Waals surface area contributed by atoms with E-state index >= 15 is 0 Å². The van der Waals surface area contributed by atoms with Crippen molar-refractivity contribution in [3.05, 3.63) is 0 Å². The van der Waals surface area contributed by atoms with Crippen LogP contribution in [0.2, 0.25) is 0 Å². The SMILES string of the molecule is C[C@H]1CC[C@@H]2[C@@H](O)[C@@H](O)CN21. The summed E-state index contributed by atoms with van der Waals surface area (Å²) < 4.78 is 0. The molecule has 0 saturated carbocycles. The summed E-state index contributed by atoms with van der Waals surface area (Å²) in [7, 11) is 0. The van der Waals surface area contributed by atoms with Crippen LogP contribution in [0, 0.1) is 0 Å². The lowest BCUT2D eigenvalue weighted by atomic mass is 10.1. The third kappa shape index (κ3) is 0.991. The molecule has 2 fully saturated rings. The summed E-state index contributed by atoms with van der Waals surface area (Å²) in [6.07, 6.45) is 1.19. The quantitative estimate of drug-likeness (QED) is 0.501. The Hall–Kier alpha value is -0.120. The van der Waals surface area contributed by atoms with Crippen molar-refractivity contribution in [1.29, 1.82) is 0 Å². The van der Waals surface area contributed by atoms with E-state index in [1.807, 2.05) is 0 Å². The van der Waals surface area contributed by atoms with Gasteiger partial charge in [0.05, 0.1) is 12.2 Å². The molecule has 0 amide bonds. The number of aliphatic hydroxyl groups excluding tert-OH is 2. The van der Waals surface area contributed by atoms with Gasteiger partial charge in [-0.05, 0) is 19.8 Å². The summed E-state index contributed by atoms with van der Waals surface area (Å²) in [6.45, 7) is 2.82. The lowest BCUT2D eigenvalue weighted by molar-refractivity contribution is 0.0394. The molecular weight excluding hydrogens is 142 g/mol. The first kappa shape index (κ1) is 7.53. The molecule has 0 aromatic carbocycles. The van der Waals surface area contributed by atoms with Gasteiger partial charge in [0.1, 0.15) is 0 Å². The Kier molecular flexibility index (Phi) is 1.67. The number of aliphatic hydroxyl groups is 2. The second-order valence-electron chi connectivity index (χ2n) is 3.75. The Bertz CT molecular complexity index is 162. The summed E-state index contributed by atoms with van der Waals surface area (Å²) in [4.78, 5) is 2.22. The van der Waals surface area contributed by atoms with Crippen molar-refractivity contribution >= 4 is 0 Å². The molecule has 0 aromatic rings. The normalized spacial score (nSPS) is 51.5. The summed E-state index contributed by atoms with van der Waals surface area (Å²) in [5.74, 6) is 0. The van der Waals surface area contributed by atoms with Gasteiger partial charge in [0.2, 0.25) is 0 Å². The zero-order chi connectivity index (χ0) is 8.01. The molecule has 2 N–H and O–H groups in total. The molecule has 2 aliphatic heterocycles. The largest absolute Gasteiger partial charge is 0.389 e. The van der Waals surface area contributed by atoms with E-state index in [2.05, 4.69) is 11.8 Å². The molecule has 2 rings (SSSR count). The van der Waals surface area contributed by atoms with Crippen LogP contribution in [0.1, 0.15) is 19.8 Å². The molecule has 2 aliphatic rings. The van der Waals surface area contributed by atoms with Gasteiger partial charge in [-0.1, -0.05) is 0 Å². The van der Waals surface area contributed by atoms with E-state index in [4.69, 9.17) is 0 Å². The number of hydrogen-bond acceptors (Lipinski definition) is 3. The van der Waals surface area contributed by atoms with Crippen LogP contribution in [-0.4, -0.2) is 45.9 Å². The number of hydrogen-bond donors (Lipinski definition) is 2. The van der Waals surface area contributed by atoms with Gasteiger partial charge >= 0.3 is 0 Å². The van der Waals surface area contributed by atoms with Gasteiger partial charge in [0, 0.05) is 18.6 Å². The number of rotatable bonds is 0. The zero-order valence-corrected chi connectivity index (χ0v) is 6.77. The highest BCUT2D eigenvalue weighted by molar-refractivity contribution is 4.99. The minimum absolute atomic E-state index is 0.236. The van der Waals surface area contributed by atoms with Crippen molar-refractivity contribution < 1.29 is 10.2 Å². The van der Waals surface area contributed by atoms with E-state index in [1.165, 1.54) is 0 Å². The van der Waals surface area contributed by atoms with Crippen molar-refractivity contribution in [2.75, 3.05) is 6.54 Å². The molecule has 0 aliphatic carbocycles. The predicted molar refractivity (Wildman–Crippen MR) is 41.2 cm³/mol. The molecule has 11 heavy (non-hydrogen) atoms.